The molecular formula is C17H29IN4OS. The molecule has 1 aliphatic heterocycles. The summed E-state index contributed by atoms with van der Waals surface area (Å²) in [5.41, 5.74) is 8.46. The lowest BCUT2D eigenvalue weighted by Crippen LogP contribution is -2.39. The molecule has 1 aromatic carbocycles. The zero-order valence-electron chi connectivity index (χ0n) is 14.6. The molecule has 1 heterocycles. The first-order chi connectivity index (χ1) is 11.2. The Hall–Kier alpha value is -0.510. The van der Waals surface area contributed by atoms with E-state index in [-0.39, 0.29) is 24.0 Å². The number of thioether (sulfide) groups is 1. The first kappa shape index (κ1) is 21.5. The number of benzene rings is 1. The van der Waals surface area contributed by atoms with Gasteiger partial charge in [-0.25, -0.2) is 4.99 Å². The number of aliphatic imine (C=N–C) groups is 1. The van der Waals surface area contributed by atoms with Crippen LogP contribution in [0.1, 0.15) is 17.5 Å². The van der Waals surface area contributed by atoms with Gasteiger partial charge in [0.05, 0.1) is 19.8 Å². The second kappa shape index (κ2) is 11.9. The molecule has 7 heteroatoms. The van der Waals surface area contributed by atoms with Crippen molar-refractivity contribution in [1.29, 1.82) is 0 Å². The van der Waals surface area contributed by atoms with Gasteiger partial charge >= 0.3 is 0 Å². The average Bonchev–Trinajstić information content (AvgIpc) is 2.58. The first-order valence-corrected chi connectivity index (χ1v) is 9.39. The maximum Gasteiger partial charge on any atom is 0.188 e. The first-order valence-electron chi connectivity index (χ1n) is 8.16. The highest BCUT2D eigenvalue weighted by Gasteiger charge is 2.09. The number of nitrogens with two attached hydrogens (primary N) is 1. The number of morpholine rings is 1. The molecule has 2 rings (SSSR count). The molecule has 1 fully saturated rings. The smallest absolute Gasteiger partial charge is 0.188 e. The van der Waals surface area contributed by atoms with Crippen LogP contribution in [-0.4, -0.2) is 56.5 Å². The average molecular weight is 464 g/mol. The van der Waals surface area contributed by atoms with Gasteiger partial charge in [-0.1, -0.05) is 12.1 Å². The summed E-state index contributed by atoms with van der Waals surface area (Å²) in [5, 5.41) is 3.20. The van der Waals surface area contributed by atoms with Gasteiger partial charge in [0.25, 0.3) is 0 Å². The van der Waals surface area contributed by atoms with E-state index in [1.54, 1.807) is 11.8 Å². The Morgan fingerprint density at radius 1 is 1.38 bits per heavy atom. The van der Waals surface area contributed by atoms with Crippen molar-refractivity contribution >= 4 is 41.7 Å². The van der Waals surface area contributed by atoms with E-state index in [1.807, 2.05) is 0 Å². The summed E-state index contributed by atoms with van der Waals surface area (Å²) in [6, 6.07) is 6.45. The highest BCUT2D eigenvalue weighted by Crippen LogP contribution is 2.22. The molecule has 24 heavy (non-hydrogen) atoms. The van der Waals surface area contributed by atoms with Crippen LogP contribution in [0.25, 0.3) is 0 Å². The van der Waals surface area contributed by atoms with Crippen molar-refractivity contribution in [2.24, 2.45) is 10.7 Å². The van der Waals surface area contributed by atoms with Gasteiger partial charge in [0, 0.05) is 24.5 Å². The van der Waals surface area contributed by atoms with Crippen molar-refractivity contribution in [3.8, 4) is 0 Å². The molecule has 0 radical (unpaired) electrons. The fourth-order valence-corrected chi connectivity index (χ4v) is 3.25. The van der Waals surface area contributed by atoms with Crippen LogP contribution in [0.4, 0.5) is 0 Å². The molecule has 0 aromatic heterocycles. The van der Waals surface area contributed by atoms with Crippen molar-refractivity contribution < 1.29 is 4.74 Å². The van der Waals surface area contributed by atoms with Crippen LogP contribution in [-0.2, 0) is 11.3 Å². The standard InChI is InChI=1S/C17H28N4OS.HI/c1-14-4-5-15(16(12-14)23-2)13-20-17(18)19-6-3-7-21-8-10-22-11-9-21;/h4-5,12H,3,6-11,13H2,1-2H3,(H3,18,19,20);1H. The summed E-state index contributed by atoms with van der Waals surface area (Å²) in [6.45, 7) is 8.45. The molecule has 0 aliphatic carbocycles. The van der Waals surface area contributed by atoms with Crippen molar-refractivity contribution in [3.63, 3.8) is 0 Å². The fraction of sp³-hybridized carbons (Fsp3) is 0.588. The van der Waals surface area contributed by atoms with E-state index in [4.69, 9.17) is 10.5 Å². The summed E-state index contributed by atoms with van der Waals surface area (Å²) in [5.74, 6) is 0.527. The predicted molar refractivity (Wildman–Crippen MR) is 114 cm³/mol. The molecule has 0 saturated carbocycles. The number of guanidine groups is 1. The molecule has 0 unspecified atom stereocenters. The second-order valence-corrected chi connectivity index (χ2v) is 6.60. The number of hydrogen-bond donors (Lipinski definition) is 2. The lowest BCUT2D eigenvalue weighted by atomic mass is 10.1. The molecule has 0 amide bonds. The third-order valence-corrected chi connectivity index (χ3v) is 4.74. The van der Waals surface area contributed by atoms with Gasteiger partial charge < -0.3 is 15.8 Å². The fourth-order valence-electron chi connectivity index (χ4n) is 2.55. The molecule has 0 atom stereocenters. The predicted octanol–water partition coefficient (Wildman–Crippen LogP) is 2.46. The molecular weight excluding hydrogens is 435 g/mol. The van der Waals surface area contributed by atoms with Crippen molar-refractivity contribution in [2.75, 3.05) is 45.6 Å². The summed E-state index contributed by atoms with van der Waals surface area (Å²) >= 11 is 1.75. The van der Waals surface area contributed by atoms with Gasteiger partial charge in [-0.05, 0) is 43.3 Å². The van der Waals surface area contributed by atoms with E-state index in [0.29, 0.717) is 12.5 Å². The Morgan fingerprint density at radius 2 is 2.12 bits per heavy atom. The van der Waals surface area contributed by atoms with E-state index in [0.717, 1.165) is 45.8 Å². The van der Waals surface area contributed by atoms with Crippen LogP contribution in [0.3, 0.4) is 0 Å². The minimum Gasteiger partial charge on any atom is -0.379 e. The Balaban J connectivity index is 0.00000288. The van der Waals surface area contributed by atoms with Gasteiger partial charge in [-0.3, -0.25) is 4.90 Å². The Bertz CT molecular complexity index is 521. The van der Waals surface area contributed by atoms with Crippen molar-refractivity contribution in [2.45, 2.75) is 24.8 Å². The minimum atomic E-state index is 0. The summed E-state index contributed by atoms with van der Waals surface area (Å²) in [6.07, 6.45) is 3.16. The number of aryl methyl sites for hydroxylation is 1. The topological polar surface area (TPSA) is 62.9 Å². The summed E-state index contributed by atoms with van der Waals surface area (Å²) < 4.78 is 5.35. The van der Waals surface area contributed by atoms with Crippen LogP contribution in [0.5, 0.6) is 0 Å². The van der Waals surface area contributed by atoms with E-state index >= 15 is 0 Å². The van der Waals surface area contributed by atoms with Gasteiger partial charge in [0.2, 0.25) is 0 Å². The van der Waals surface area contributed by atoms with Crippen LogP contribution < -0.4 is 11.1 Å². The number of ether oxygens (including phenoxy) is 1. The van der Waals surface area contributed by atoms with Crippen LogP contribution >= 0.6 is 35.7 Å². The second-order valence-electron chi connectivity index (χ2n) is 5.75. The van der Waals surface area contributed by atoms with Crippen molar-refractivity contribution in [3.05, 3.63) is 29.3 Å². The number of nitrogens with one attached hydrogen (secondary N) is 1. The number of rotatable bonds is 7. The van der Waals surface area contributed by atoms with Crippen molar-refractivity contribution in [1.82, 2.24) is 10.2 Å². The highest BCUT2D eigenvalue weighted by atomic mass is 127. The van der Waals surface area contributed by atoms with Gasteiger partial charge in [-0.15, -0.1) is 35.7 Å². The lowest BCUT2D eigenvalue weighted by Gasteiger charge is -2.26. The van der Waals surface area contributed by atoms with E-state index in [1.165, 1.54) is 16.0 Å². The van der Waals surface area contributed by atoms with Gasteiger partial charge in [0.15, 0.2) is 5.96 Å². The van der Waals surface area contributed by atoms with E-state index in [2.05, 4.69) is 46.6 Å². The Morgan fingerprint density at radius 3 is 2.83 bits per heavy atom. The third-order valence-electron chi connectivity index (χ3n) is 3.92. The van der Waals surface area contributed by atoms with E-state index in [9.17, 15) is 0 Å². The zero-order valence-corrected chi connectivity index (χ0v) is 17.7. The molecule has 0 spiro atoms. The largest absolute Gasteiger partial charge is 0.379 e. The molecule has 1 saturated heterocycles. The maximum absolute atomic E-state index is 5.96. The number of halogens is 1. The molecule has 136 valence electrons. The molecule has 1 aromatic rings. The summed E-state index contributed by atoms with van der Waals surface area (Å²) in [7, 11) is 0. The Kier molecular flexibility index (Phi) is 10.7. The number of nitrogens with zero attached hydrogens (tertiary/aromatic N) is 2. The van der Waals surface area contributed by atoms with Gasteiger partial charge in [0.1, 0.15) is 0 Å². The quantitative estimate of drug-likeness (QED) is 0.214. The Labute approximate surface area is 166 Å². The third kappa shape index (κ3) is 7.58. The monoisotopic (exact) mass is 464 g/mol. The van der Waals surface area contributed by atoms with E-state index < -0.39 is 0 Å². The lowest BCUT2D eigenvalue weighted by molar-refractivity contribution is 0.0376. The van der Waals surface area contributed by atoms with Crippen LogP contribution in [0, 0.1) is 6.92 Å². The minimum absolute atomic E-state index is 0. The van der Waals surface area contributed by atoms with Crippen LogP contribution in [0.2, 0.25) is 0 Å². The normalized spacial score (nSPS) is 15.8. The molecule has 1 aliphatic rings. The SMILES string of the molecule is CSc1cc(C)ccc1CN=C(N)NCCCN1CCOCC1.I. The van der Waals surface area contributed by atoms with Crippen LogP contribution in [0.15, 0.2) is 28.1 Å². The maximum atomic E-state index is 5.96. The summed E-state index contributed by atoms with van der Waals surface area (Å²) in [4.78, 5) is 8.15. The zero-order chi connectivity index (χ0) is 16.5. The molecule has 0 bridgehead atoms. The molecule has 3 N–H and O–H groups in total. The van der Waals surface area contributed by atoms with Gasteiger partial charge in [-0.2, -0.15) is 0 Å². The number of hydrogen-bond acceptors (Lipinski definition) is 4. The molecule has 5 nitrogen and oxygen atoms in total. The highest BCUT2D eigenvalue weighted by molar-refractivity contribution is 14.0.